The summed E-state index contributed by atoms with van der Waals surface area (Å²) < 4.78 is 5.97. The van der Waals surface area contributed by atoms with Gasteiger partial charge in [-0.2, -0.15) is 0 Å². The Hall–Kier alpha value is -3.59. The quantitative estimate of drug-likeness (QED) is 0.195. The second-order valence-corrected chi connectivity index (χ2v) is 7.41. The SMILES string of the molecule is Cc1ccc(-c2[c-]cccc2)nc1.[Ir].[c-]1ccc2c(oc3ccccc32)c1-c1ccccn1. The second kappa shape index (κ2) is 10.4. The van der Waals surface area contributed by atoms with E-state index in [1.54, 1.807) is 6.20 Å². The van der Waals surface area contributed by atoms with Gasteiger partial charge >= 0.3 is 0 Å². The molecule has 0 unspecified atom stereocenters. The van der Waals surface area contributed by atoms with Crippen LogP contribution >= 0.6 is 0 Å². The van der Waals surface area contributed by atoms with Crippen molar-refractivity contribution >= 4 is 21.9 Å². The number of aryl methyl sites for hydroxylation is 1. The fourth-order valence-corrected chi connectivity index (χ4v) is 3.57. The van der Waals surface area contributed by atoms with Crippen LogP contribution in [-0.4, -0.2) is 9.97 Å². The van der Waals surface area contributed by atoms with Gasteiger partial charge in [-0.3, -0.25) is 0 Å². The fourth-order valence-electron chi connectivity index (χ4n) is 3.57. The summed E-state index contributed by atoms with van der Waals surface area (Å²) >= 11 is 0. The zero-order chi connectivity index (χ0) is 21.8. The van der Waals surface area contributed by atoms with Gasteiger partial charge in [0, 0.05) is 37.9 Å². The van der Waals surface area contributed by atoms with Crippen LogP contribution in [0.15, 0.2) is 108 Å². The smallest absolute Gasteiger partial charge is 0.120 e. The summed E-state index contributed by atoms with van der Waals surface area (Å²) in [6, 6.07) is 36.2. The summed E-state index contributed by atoms with van der Waals surface area (Å²) in [6.45, 7) is 2.03. The predicted molar refractivity (Wildman–Crippen MR) is 129 cm³/mol. The molecular weight excluding hydrogens is 585 g/mol. The average Bonchev–Trinajstić information content (AvgIpc) is 3.25. The van der Waals surface area contributed by atoms with E-state index in [1.165, 1.54) is 5.56 Å². The Balaban J connectivity index is 0.000000164. The van der Waals surface area contributed by atoms with E-state index >= 15 is 0 Å². The van der Waals surface area contributed by atoms with Gasteiger partial charge in [0.1, 0.15) is 5.58 Å². The number of benzene rings is 3. The molecule has 4 heteroatoms. The van der Waals surface area contributed by atoms with E-state index in [0.717, 1.165) is 44.5 Å². The monoisotopic (exact) mass is 605 g/mol. The number of hydrogen-bond acceptors (Lipinski definition) is 3. The first-order valence-electron chi connectivity index (χ1n) is 10.4. The molecule has 3 aromatic heterocycles. The minimum Gasteiger partial charge on any atom is -0.501 e. The van der Waals surface area contributed by atoms with E-state index in [4.69, 9.17) is 4.42 Å². The Kier molecular flexibility index (Phi) is 7.09. The molecule has 0 saturated heterocycles. The Morgan fingerprint density at radius 3 is 2.30 bits per heavy atom. The molecule has 0 bridgehead atoms. The Labute approximate surface area is 206 Å². The van der Waals surface area contributed by atoms with Crippen molar-refractivity contribution in [3.63, 3.8) is 0 Å². The van der Waals surface area contributed by atoms with Gasteiger partial charge < -0.3 is 14.4 Å². The van der Waals surface area contributed by atoms with E-state index in [2.05, 4.69) is 34.2 Å². The van der Waals surface area contributed by atoms with Crippen molar-refractivity contribution < 1.29 is 24.5 Å². The molecule has 0 aliphatic carbocycles. The molecule has 0 fully saturated rings. The molecule has 0 saturated carbocycles. The third-order valence-corrected chi connectivity index (χ3v) is 5.16. The molecule has 6 rings (SSSR count). The van der Waals surface area contributed by atoms with Crippen LogP contribution in [0.25, 0.3) is 44.5 Å². The topological polar surface area (TPSA) is 38.9 Å². The average molecular weight is 605 g/mol. The molecule has 3 aromatic carbocycles. The Bertz CT molecular complexity index is 1460. The Morgan fingerprint density at radius 2 is 1.55 bits per heavy atom. The summed E-state index contributed by atoms with van der Waals surface area (Å²) in [5, 5.41) is 2.23. The maximum absolute atomic E-state index is 5.97. The van der Waals surface area contributed by atoms with Gasteiger partial charge in [0.15, 0.2) is 0 Å². The maximum Gasteiger partial charge on any atom is 0.120 e. The number of nitrogens with zero attached hydrogens (tertiary/aromatic N) is 2. The fraction of sp³-hybridized carbons (Fsp3) is 0.0345. The molecule has 0 aliphatic heterocycles. The van der Waals surface area contributed by atoms with Gasteiger partial charge in [-0.05, 0) is 36.0 Å². The predicted octanol–water partition coefficient (Wildman–Crippen LogP) is 7.30. The molecule has 6 aromatic rings. The zero-order valence-electron chi connectivity index (χ0n) is 18.0. The van der Waals surface area contributed by atoms with Crippen molar-refractivity contribution in [3.8, 4) is 22.5 Å². The third-order valence-electron chi connectivity index (χ3n) is 5.16. The van der Waals surface area contributed by atoms with Crippen molar-refractivity contribution in [1.29, 1.82) is 0 Å². The minimum absolute atomic E-state index is 0. The van der Waals surface area contributed by atoms with Gasteiger partial charge in [-0.25, -0.2) is 0 Å². The molecular formula is C29H20IrN2O-2. The largest absolute Gasteiger partial charge is 0.501 e. The third kappa shape index (κ3) is 4.93. The van der Waals surface area contributed by atoms with Crippen molar-refractivity contribution in [2.75, 3.05) is 0 Å². The Morgan fingerprint density at radius 1 is 0.697 bits per heavy atom. The molecule has 33 heavy (non-hydrogen) atoms. The van der Waals surface area contributed by atoms with Crippen LogP contribution in [0.2, 0.25) is 0 Å². The number of rotatable bonds is 2. The van der Waals surface area contributed by atoms with Crippen LogP contribution in [0, 0.1) is 19.1 Å². The molecule has 1 radical (unpaired) electrons. The number of para-hydroxylation sites is 1. The molecule has 0 atom stereocenters. The summed E-state index contributed by atoms with van der Waals surface area (Å²) in [6.07, 6.45) is 3.65. The van der Waals surface area contributed by atoms with Gasteiger partial charge in [0.05, 0.1) is 5.58 Å². The molecule has 163 valence electrons. The van der Waals surface area contributed by atoms with Crippen molar-refractivity contribution in [3.05, 3.63) is 121 Å². The van der Waals surface area contributed by atoms with Gasteiger partial charge in [0.25, 0.3) is 0 Å². The standard InChI is InChI=1S/C17H10NO.C12H10N.Ir/c1-2-10-16-12(6-1)13-7-5-8-14(17(13)19-16)15-9-3-4-11-18-15;1-10-7-8-12(13-9-10)11-5-3-2-4-6-11;/h1-7,9-11H;2-5,7-9H,1H3;/q2*-1;. The first-order valence-corrected chi connectivity index (χ1v) is 10.4. The van der Waals surface area contributed by atoms with Crippen molar-refractivity contribution in [2.24, 2.45) is 0 Å². The molecule has 0 aliphatic rings. The van der Waals surface area contributed by atoms with E-state index in [9.17, 15) is 0 Å². The van der Waals surface area contributed by atoms with E-state index in [0.29, 0.717) is 0 Å². The van der Waals surface area contributed by atoms with Crippen molar-refractivity contribution in [2.45, 2.75) is 6.92 Å². The number of fused-ring (bicyclic) bond motifs is 3. The van der Waals surface area contributed by atoms with Gasteiger partial charge in [-0.15, -0.1) is 54.1 Å². The van der Waals surface area contributed by atoms with Crippen LogP contribution in [0.1, 0.15) is 5.56 Å². The van der Waals surface area contributed by atoms with Gasteiger partial charge in [-0.1, -0.05) is 53.4 Å². The molecule has 3 heterocycles. The number of furan rings is 1. The van der Waals surface area contributed by atoms with Gasteiger partial charge in [0.2, 0.25) is 0 Å². The normalized spacial score (nSPS) is 10.3. The first-order chi connectivity index (χ1) is 15.8. The van der Waals surface area contributed by atoms with Crippen LogP contribution in [0.5, 0.6) is 0 Å². The number of hydrogen-bond donors (Lipinski definition) is 0. The number of pyridine rings is 2. The molecule has 0 N–H and O–H groups in total. The van der Waals surface area contributed by atoms with Crippen LogP contribution in [0.3, 0.4) is 0 Å². The second-order valence-electron chi connectivity index (χ2n) is 7.41. The maximum atomic E-state index is 5.97. The van der Waals surface area contributed by atoms with Crippen LogP contribution < -0.4 is 0 Å². The minimum atomic E-state index is 0. The van der Waals surface area contributed by atoms with E-state index < -0.39 is 0 Å². The van der Waals surface area contributed by atoms with Crippen molar-refractivity contribution in [1.82, 2.24) is 9.97 Å². The summed E-state index contributed by atoms with van der Waals surface area (Å²) in [5.74, 6) is 0. The summed E-state index contributed by atoms with van der Waals surface area (Å²) in [4.78, 5) is 8.70. The van der Waals surface area contributed by atoms with Crippen LogP contribution in [-0.2, 0) is 20.1 Å². The molecule has 0 spiro atoms. The van der Waals surface area contributed by atoms with Crippen LogP contribution in [0.4, 0.5) is 0 Å². The summed E-state index contributed by atoms with van der Waals surface area (Å²) in [7, 11) is 0. The first kappa shape index (κ1) is 22.6. The summed E-state index contributed by atoms with van der Waals surface area (Å²) in [5.41, 5.74) is 6.74. The van der Waals surface area contributed by atoms with E-state index in [1.807, 2.05) is 92.0 Å². The molecule has 3 nitrogen and oxygen atoms in total. The molecule has 0 amide bonds. The van der Waals surface area contributed by atoms with E-state index in [-0.39, 0.29) is 20.1 Å². The number of aromatic nitrogens is 2. The zero-order valence-corrected chi connectivity index (χ0v) is 20.3.